The molecule has 3 rings (SSSR count). The summed E-state index contributed by atoms with van der Waals surface area (Å²) in [7, 11) is 0. The van der Waals surface area contributed by atoms with Crippen LogP contribution in [0.1, 0.15) is 55.6 Å². The van der Waals surface area contributed by atoms with E-state index in [0.29, 0.717) is 23.7 Å². The SMILES string of the molecule is CC(C)CCC(=O)CC[C@H](NC(=O)c1ccc(NCc2cnc3nc(N)[nH]c(=O)c3n2)cc1)C(=O)O. The van der Waals surface area contributed by atoms with Crippen LogP contribution in [0, 0.1) is 5.92 Å². The third-order valence-electron chi connectivity index (χ3n) is 5.42. The lowest BCUT2D eigenvalue weighted by molar-refractivity contribution is -0.139. The van der Waals surface area contributed by atoms with E-state index >= 15 is 0 Å². The van der Waals surface area contributed by atoms with Crippen molar-refractivity contribution in [3.63, 3.8) is 0 Å². The Morgan fingerprint density at radius 2 is 1.78 bits per heavy atom. The molecule has 0 saturated heterocycles. The minimum atomic E-state index is -1.19. The van der Waals surface area contributed by atoms with Gasteiger partial charge < -0.3 is 21.5 Å². The van der Waals surface area contributed by atoms with Crippen molar-refractivity contribution in [2.24, 2.45) is 5.92 Å². The molecule has 0 saturated carbocycles. The Balaban J connectivity index is 1.55. The summed E-state index contributed by atoms with van der Waals surface area (Å²) in [4.78, 5) is 62.7. The van der Waals surface area contributed by atoms with Crippen molar-refractivity contribution in [2.75, 3.05) is 11.1 Å². The summed E-state index contributed by atoms with van der Waals surface area (Å²) in [5.41, 5.74) is 6.68. The molecule has 0 aliphatic heterocycles. The number of ketones is 1. The van der Waals surface area contributed by atoms with Crippen LogP contribution >= 0.6 is 0 Å². The first kappa shape index (κ1) is 26.3. The number of carboxylic acids is 1. The lowest BCUT2D eigenvalue weighted by Gasteiger charge is -2.15. The molecule has 3 aromatic rings. The number of aliphatic carboxylic acids is 1. The number of H-pyrrole nitrogens is 1. The summed E-state index contributed by atoms with van der Waals surface area (Å²) >= 11 is 0. The third kappa shape index (κ3) is 7.32. The maximum atomic E-state index is 12.5. The van der Waals surface area contributed by atoms with Crippen LogP contribution in [-0.4, -0.2) is 48.7 Å². The molecule has 1 aromatic carbocycles. The van der Waals surface area contributed by atoms with Crippen LogP contribution in [0.25, 0.3) is 11.2 Å². The predicted octanol–water partition coefficient (Wildman–Crippen LogP) is 1.88. The Kier molecular flexibility index (Phi) is 8.66. The number of aromatic amines is 1. The average Bonchev–Trinajstić information content (AvgIpc) is 2.84. The van der Waals surface area contributed by atoms with Crippen molar-refractivity contribution in [1.82, 2.24) is 25.3 Å². The van der Waals surface area contributed by atoms with E-state index in [4.69, 9.17) is 5.73 Å². The number of aromatic nitrogens is 4. The highest BCUT2D eigenvalue weighted by Crippen LogP contribution is 2.13. The highest BCUT2D eigenvalue weighted by Gasteiger charge is 2.21. The van der Waals surface area contributed by atoms with Gasteiger partial charge in [0.05, 0.1) is 18.4 Å². The zero-order valence-corrected chi connectivity index (χ0v) is 20.1. The zero-order chi connectivity index (χ0) is 26.2. The van der Waals surface area contributed by atoms with Gasteiger partial charge in [0, 0.05) is 24.1 Å². The third-order valence-corrected chi connectivity index (χ3v) is 5.42. The van der Waals surface area contributed by atoms with Gasteiger partial charge in [0.2, 0.25) is 5.95 Å². The van der Waals surface area contributed by atoms with Gasteiger partial charge >= 0.3 is 5.97 Å². The van der Waals surface area contributed by atoms with Gasteiger partial charge in [-0.3, -0.25) is 19.4 Å². The Labute approximate surface area is 206 Å². The number of carboxylic acid groups (broad SMARTS) is 1. The summed E-state index contributed by atoms with van der Waals surface area (Å²) in [6, 6.07) is 5.26. The molecule has 0 aliphatic rings. The number of anilines is 2. The van der Waals surface area contributed by atoms with Gasteiger partial charge in [0.1, 0.15) is 11.8 Å². The molecule has 190 valence electrons. The van der Waals surface area contributed by atoms with Gasteiger partial charge in [-0.2, -0.15) is 4.98 Å². The minimum Gasteiger partial charge on any atom is -0.480 e. The predicted molar refractivity (Wildman–Crippen MR) is 133 cm³/mol. The summed E-state index contributed by atoms with van der Waals surface area (Å²) in [6.07, 6.45) is 2.76. The van der Waals surface area contributed by atoms with Crippen LogP contribution in [0.3, 0.4) is 0 Å². The fourth-order valence-electron chi connectivity index (χ4n) is 3.37. The van der Waals surface area contributed by atoms with Gasteiger partial charge in [0.25, 0.3) is 11.5 Å². The molecule has 12 nitrogen and oxygen atoms in total. The zero-order valence-electron chi connectivity index (χ0n) is 20.1. The first-order valence-electron chi connectivity index (χ1n) is 11.5. The van der Waals surface area contributed by atoms with Crippen molar-refractivity contribution in [3.8, 4) is 0 Å². The second-order valence-electron chi connectivity index (χ2n) is 8.79. The number of hydrogen-bond acceptors (Lipinski definition) is 9. The van der Waals surface area contributed by atoms with Gasteiger partial charge in [-0.05, 0) is 43.0 Å². The second-order valence-corrected chi connectivity index (χ2v) is 8.79. The maximum absolute atomic E-state index is 12.5. The molecule has 12 heteroatoms. The molecule has 0 bridgehead atoms. The molecule has 2 heterocycles. The normalized spacial score (nSPS) is 11.9. The first-order chi connectivity index (χ1) is 17.1. The number of fused-ring (bicyclic) bond motifs is 1. The Hall–Kier alpha value is -4.35. The lowest BCUT2D eigenvalue weighted by Crippen LogP contribution is -2.41. The Morgan fingerprint density at radius 3 is 2.44 bits per heavy atom. The fourth-order valence-corrected chi connectivity index (χ4v) is 3.37. The molecule has 2 aromatic heterocycles. The van der Waals surface area contributed by atoms with E-state index in [-0.39, 0.29) is 47.8 Å². The van der Waals surface area contributed by atoms with Crippen LogP contribution < -0.4 is 21.9 Å². The molecule has 0 spiro atoms. The van der Waals surface area contributed by atoms with Crippen LogP contribution in [0.2, 0.25) is 0 Å². The number of nitrogens with zero attached hydrogens (tertiary/aromatic N) is 3. The molecule has 1 amide bonds. The molecule has 6 N–H and O–H groups in total. The fraction of sp³-hybridized carbons (Fsp3) is 0.375. The van der Waals surface area contributed by atoms with E-state index in [9.17, 15) is 24.3 Å². The molecule has 0 fully saturated rings. The second kappa shape index (κ2) is 11.9. The molecule has 0 unspecified atom stereocenters. The number of rotatable bonds is 12. The highest BCUT2D eigenvalue weighted by molar-refractivity contribution is 5.97. The summed E-state index contributed by atoms with van der Waals surface area (Å²) in [5, 5.41) is 15.0. The lowest BCUT2D eigenvalue weighted by atomic mass is 10.0. The minimum absolute atomic E-state index is 0.0132. The molecule has 36 heavy (non-hydrogen) atoms. The number of hydrogen-bond donors (Lipinski definition) is 5. The first-order valence-corrected chi connectivity index (χ1v) is 11.5. The monoisotopic (exact) mass is 495 g/mol. The van der Waals surface area contributed by atoms with E-state index in [1.807, 2.05) is 13.8 Å². The number of nitrogens with one attached hydrogen (secondary N) is 3. The van der Waals surface area contributed by atoms with E-state index < -0.39 is 23.5 Å². The van der Waals surface area contributed by atoms with Crippen LogP contribution in [0.5, 0.6) is 0 Å². The van der Waals surface area contributed by atoms with Crippen LogP contribution in [-0.2, 0) is 16.1 Å². The Morgan fingerprint density at radius 1 is 1.08 bits per heavy atom. The maximum Gasteiger partial charge on any atom is 0.326 e. The number of carbonyl (C=O) groups excluding carboxylic acids is 2. The molecule has 0 radical (unpaired) electrons. The van der Waals surface area contributed by atoms with Gasteiger partial charge in [0.15, 0.2) is 11.2 Å². The standard InChI is InChI=1S/C24H29N7O5/c1-13(2)3-8-17(32)9-10-18(23(35)36)29-21(33)14-4-6-15(7-5-14)26-11-16-12-27-20-19(28-16)22(34)31-24(25)30-20/h4-7,12-13,18,26H,3,8-11H2,1-2H3,(H,29,33)(H,35,36)(H3,25,27,30,31,34)/t18-/m0/s1. The highest BCUT2D eigenvalue weighted by atomic mass is 16.4. The van der Waals surface area contributed by atoms with Gasteiger partial charge in [-0.25, -0.2) is 14.8 Å². The molecular weight excluding hydrogens is 466 g/mol. The number of carbonyl (C=O) groups is 3. The topological polar surface area (TPSA) is 193 Å². The van der Waals surface area contributed by atoms with Crippen molar-refractivity contribution in [2.45, 2.75) is 52.1 Å². The number of benzene rings is 1. The van der Waals surface area contributed by atoms with E-state index in [1.165, 1.54) is 6.20 Å². The van der Waals surface area contributed by atoms with Crippen LogP contribution in [0.15, 0.2) is 35.3 Å². The van der Waals surface area contributed by atoms with Crippen LogP contribution in [0.4, 0.5) is 11.6 Å². The van der Waals surface area contributed by atoms with Gasteiger partial charge in [-0.15, -0.1) is 0 Å². The van der Waals surface area contributed by atoms with Crippen molar-refractivity contribution in [1.29, 1.82) is 0 Å². The Bertz CT molecular complexity index is 1300. The number of nitrogen functional groups attached to an aromatic ring is 1. The van der Waals surface area contributed by atoms with E-state index in [2.05, 4.69) is 30.6 Å². The quantitative estimate of drug-likeness (QED) is 0.248. The average molecular weight is 496 g/mol. The van der Waals surface area contributed by atoms with Crippen molar-refractivity contribution >= 4 is 40.5 Å². The summed E-state index contributed by atoms with van der Waals surface area (Å²) < 4.78 is 0. The van der Waals surface area contributed by atoms with E-state index in [1.54, 1.807) is 24.3 Å². The number of nitrogens with two attached hydrogens (primary N) is 1. The molecule has 1 atom stereocenters. The molecule has 0 aliphatic carbocycles. The van der Waals surface area contributed by atoms with Gasteiger partial charge in [-0.1, -0.05) is 13.8 Å². The van der Waals surface area contributed by atoms with Crippen molar-refractivity contribution in [3.05, 3.63) is 52.1 Å². The smallest absolute Gasteiger partial charge is 0.326 e. The summed E-state index contributed by atoms with van der Waals surface area (Å²) in [6.45, 7) is 4.29. The number of Topliss-reactive ketones (excluding diaryl/α,β-unsaturated/α-hetero) is 1. The number of amides is 1. The van der Waals surface area contributed by atoms with E-state index in [0.717, 1.165) is 6.42 Å². The molecular formula is C24H29N7O5. The summed E-state index contributed by atoms with van der Waals surface area (Å²) in [5.74, 6) is -1.40. The largest absolute Gasteiger partial charge is 0.480 e. The van der Waals surface area contributed by atoms with Crippen molar-refractivity contribution < 1.29 is 19.5 Å².